The summed E-state index contributed by atoms with van der Waals surface area (Å²) < 4.78 is 1.83. The van der Waals surface area contributed by atoms with Crippen LogP contribution in [-0.2, 0) is 4.79 Å². The smallest absolute Gasteiger partial charge is 0.325 e. The molecule has 2 N–H and O–H groups in total. The first kappa shape index (κ1) is 15.2. The number of hydrogen-bond acceptors (Lipinski definition) is 3. The van der Waals surface area contributed by atoms with Gasteiger partial charge in [-0.05, 0) is 26.7 Å². The Balaban J connectivity index is 2.91. The number of nitrogens with one attached hydrogen (secondary N) is 1. The molecule has 6 nitrogen and oxygen atoms in total. The second-order valence-electron chi connectivity index (χ2n) is 4.59. The number of hydrogen-bond donors (Lipinski definition) is 2. The van der Waals surface area contributed by atoms with Crippen molar-refractivity contribution in [3.8, 4) is 0 Å². The molecule has 0 aliphatic carbocycles. The normalized spacial score (nSPS) is 12.5. The van der Waals surface area contributed by atoms with Crippen molar-refractivity contribution in [2.24, 2.45) is 0 Å². The fraction of sp³-hybridized carbons (Fsp3) is 0.615. The number of aromatic nitrogens is 2. The Morgan fingerprint density at radius 2 is 2.00 bits per heavy atom. The zero-order valence-corrected chi connectivity index (χ0v) is 11.8. The summed E-state index contributed by atoms with van der Waals surface area (Å²) in [7, 11) is 0. The zero-order valence-electron chi connectivity index (χ0n) is 11.8. The molecule has 0 fully saturated rings. The van der Waals surface area contributed by atoms with E-state index < -0.39 is 17.9 Å². The van der Waals surface area contributed by atoms with Gasteiger partial charge in [0.2, 0.25) is 0 Å². The maximum atomic E-state index is 12.0. The molecule has 0 bridgehead atoms. The average Bonchev–Trinajstić information content (AvgIpc) is 2.73. The molecule has 1 aromatic rings. The van der Waals surface area contributed by atoms with Crippen LogP contribution in [0.1, 0.15) is 55.7 Å². The van der Waals surface area contributed by atoms with E-state index in [-0.39, 0.29) is 6.04 Å². The summed E-state index contributed by atoms with van der Waals surface area (Å²) in [5, 5.41) is 15.5. The number of carboxylic acid groups (broad SMARTS) is 1. The number of carbonyl (C=O) groups excluding carboxylic acids is 1. The van der Waals surface area contributed by atoms with Crippen molar-refractivity contribution in [1.82, 2.24) is 15.1 Å². The standard InChI is InChI=1S/C13H21N3O3/c1-5-10(6-2)16-9(4)11(7-14-16)12(17)15-8(3)13(18)19/h7-8,10H,5-6H2,1-4H3,(H,15,17)(H,18,19). The number of nitrogens with zero attached hydrogens (tertiary/aromatic N) is 2. The van der Waals surface area contributed by atoms with Gasteiger partial charge in [-0.2, -0.15) is 5.10 Å². The zero-order chi connectivity index (χ0) is 14.6. The maximum Gasteiger partial charge on any atom is 0.325 e. The summed E-state index contributed by atoms with van der Waals surface area (Å²) in [5.41, 5.74) is 1.20. The van der Waals surface area contributed by atoms with E-state index in [2.05, 4.69) is 24.3 Å². The van der Waals surface area contributed by atoms with Gasteiger partial charge in [0.05, 0.1) is 17.8 Å². The van der Waals surface area contributed by atoms with Crippen LogP contribution in [-0.4, -0.2) is 32.8 Å². The molecule has 0 aliphatic heterocycles. The number of carboxylic acids is 1. The van der Waals surface area contributed by atoms with Gasteiger partial charge in [-0.1, -0.05) is 13.8 Å². The highest BCUT2D eigenvalue weighted by Crippen LogP contribution is 2.19. The van der Waals surface area contributed by atoms with E-state index in [1.165, 1.54) is 13.1 Å². The first-order valence-corrected chi connectivity index (χ1v) is 6.50. The summed E-state index contributed by atoms with van der Waals surface area (Å²) in [6.07, 6.45) is 3.37. The largest absolute Gasteiger partial charge is 0.480 e. The van der Waals surface area contributed by atoms with Gasteiger partial charge < -0.3 is 10.4 Å². The topological polar surface area (TPSA) is 84.2 Å². The van der Waals surface area contributed by atoms with E-state index in [1.807, 2.05) is 11.6 Å². The first-order valence-electron chi connectivity index (χ1n) is 6.50. The number of aliphatic carboxylic acids is 1. The Kier molecular flexibility index (Phi) is 5.09. The molecule has 0 spiro atoms. The lowest BCUT2D eigenvalue weighted by molar-refractivity contribution is -0.138. The Morgan fingerprint density at radius 1 is 1.42 bits per heavy atom. The first-order chi connectivity index (χ1) is 8.92. The molecule has 1 aromatic heterocycles. The van der Waals surface area contributed by atoms with Gasteiger partial charge in [-0.15, -0.1) is 0 Å². The quantitative estimate of drug-likeness (QED) is 0.822. The maximum absolute atomic E-state index is 12.0. The van der Waals surface area contributed by atoms with Crippen LogP contribution in [0.4, 0.5) is 0 Å². The predicted molar refractivity (Wildman–Crippen MR) is 71.1 cm³/mol. The summed E-state index contributed by atoms with van der Waals surface area (Å²) in [5.74, 6) is -1.46. The Hall–Kier alpha value is -1.85. The molecule has 0 radical (unpaired) electrons. The number of rotatable bonds is 6. The van der Waals surface area contributed by atoms with Crippen molar-refractivity contribution < 1.29 is 14.7 Å². The SMILES string of the molecule is CCC(CC)n1ncc(C(=O)NC(C)C(=O)O)c1C. The van der Waals surface area contributed by atoms with Gasteiger partial charge in [-0.3, -0.25) is 14.3 Å². The monoisotopic (exact) mass is 267 g/mol. The van der Waals surface area contributed by atoms with Gasteiger partial charge in [0, 0.05) is 5.69 Å². The minimum atomic E-state index is -1.06. The summed E-state index contributed by atoms with van der Waals surface area (Å²) >= 11 is 0. The van der Waals surface area contributed by atoms with Gasteiger partial charge >= 0.3 is 5.97 Å². The van der Waals surface area contributed by atoms with E-state index in [9.17, 15) is 9.59 Å². The summed E-state index contributed by atoms with van der Waals surface area (Å²) in [6.45, 7) is 7.40. The van der Waals surface area contributed by atoms with Crippen molar-refractivity contribution >= 4 is 11.9 Å². The fourth-order valence-electron chi connectivity index (χ4n) is 1.99. The van der Waals surface area contributed by atoms with E-state index in [4.69, 9.17) is 5.11 Å². The van der Waals surface area contributed by atoms with Crippen LogP contribution in [0.2, 0.25) is 0 Å². The molecule has 1 atom stereocenters. The third-order valence-corrected chi connectivity index (χ3v) is 3.30. The number of amides is 1. The molecule has 1 heterocycles. The molecule has 6 heteroatoms. The molecular formula is C13H21N3O3. The van der Waals surface area contributed by atoms with Crippen molar-refractivity contribution in [3.63, 3.8) is 0 Å². The Morgan fingerprint density at radius 3 is 2.47 bits per heavy atom. The van der Waals surface area contributed by atoms with Crippen molar-refractivity contribution in [3.05, 3.63) is 17.5 Å². The third-order valence-electron chi connectivity index (χ3n) is 3.30. The van der Waals surface area contributed by atoms with Gasteiger partial charge in [-0.25, -0.2) is 0 Å². The van der Waals surface area contributed by atoms with Crippen LogP contribution >= 0.6 is 0 Å². The fourth-order valence-corrected chi connectivity index (χ4v) is 1.99. The average molecular weight is 267 g/mol. The van der Waals surface area contributed by atoms with Crippen LogP contribution < -0.4 is 5.32 Å². The summed E-state index contributed by atoms with van der Waals surface area (Å²) in [4.78, 5) is 22.7. The molecule has 1 unspecified atom stereocenters. The summed E-state index contributed by atoms with van der Waals surface area (Å²) in [6, 6.07) is -0.651. The van der Waals surface area contributed by atoms with Crippen molar-refractivity contribution in [2.75, 3.05) is 0 Å². The minimum absolute atomic E-state index is 0.262. The van der Waals surface area contributed by atoms with E-state index in [1.54, 1.807) is 0 Å². The van der Waals surface area contributed by atoms with E-state index in [0.29, 0.717) is 5.56 Å². The minimum Gasteiger partial charge on any atom is -0.480 e. The van der Waals surface area contributed by atoms with Crippen LogP contribution in [0.5, 0.6) is 0 Å². The highest BCUT2D eigenvalue weighted by atomic mass is 16.4. The number of carbonyl (C=O) groups is 2. The second kappa shape index (κ2) is 6.36. The van der Waals surface area contributed by atoms with Crippen molar-refractivity contribution in [2.45, 2.75) is 52.6 Å². The molecule has 0 aromatic carbocycles. The molecule has 1 amide bonds. The van der Waals surface area contributed by atoms with Gasteiger partial charge in [0.1, 0.15) is 6.04 Å². The molecular weight excluding hydrogens is 246 g/mol. The van der Waals surface area contributed by atoms with Gasteiger partial charge in [0.25, 0.3) is 5.91 Å². The van der Waals surface area contributed by atoms with Gasteiger partial charge in [0.15, 0.2) is 0 Å². The van der Waals surface area contributed by atoms with Crippen LogP contribution in [0, 0.1) is 6.92 Å². The van der Waals surface area contributed by atoms with Crippen LogP contribution in [0.15, 0.2) is 6.20 Å². The molecule has 106 valence electrons. The molecule has 0 saturated carbocycles. The van der Waals surface area contributed by atoms with Crippen LogP contribution in [0.3, 0.4) is 0 Å². The highest BCUT2D eigenvalue weighted by molar-refractivity contribution is 5.97. The lowest BCUT2D eigenvalue weighted by atomic mass is 10.1. The highest BCUT2D eigenvalue weighted by Gasteiger charge is 2.20. The van der Waals surface area contributed by atoms with E-state index in [0.717, 1.165) is 18.5 Å². The Labute approximate surface area is 112 Å². The van der Waals surface area contributed by atoms with E-state index >= 15 is 0 Å². The molecule has 19 heavy (non-hydrogen) atoms. The molecule has 0 saturated heterocycles. The van der Waals surface area contributed by atoms with Crippen LogP contribution in [0.25, 0.3) is 0 Å². The lowest BCUT2D eigenvalue weighted by Crippen LogP contribution is -2.38. The third kappa shape index (κ3) is 3.33. The second-order valence-corrected chi connectivity index (χ2v) is 4.59. The molecule has 0 aliphatic rings. The molecule has 1 rings (SSSR count). The lowest BCUT2D eigenvalue weighted by Gasteiger charge is -2.15. The van der Waals surface area contributed by atoms with Crippen molar-refractivity contribution in [1.29, 1.82) is 0 Å². The predicted octanol–water partition coefficient (Wildman–Crippen LogP) is 1.76. The Bertz CT molecular complexity index is 464.